The molecule has 1 aromatic carbocycles. The molecule has 1 heterocycles. The van der Waals surface area contributed by atoms with Gasteiger partial charge in [-0.25, -0.2) is 4.68 Å². The molecular weight excluding hydrogens is 347 g/mol. The molecule has 2 rings (SSSR count). The second kappa shape index (κ2) is 8.48. The van der Waals surface area contributed by atoms with Crippen LogP contribution in [0.3, 0.4) is 0 Å². The summed E-state index contributed by atoms with van der Waals surface area (Å²) in [6.45, 7) is 6.25. The van der Waals surface area contributed by atoms with Gasteiger partial charge in [0.25, 0.3) is 0 Å². The van der Waals surface area contributed by atoms with Gasteiger partial charge >= 0.3 is 6.18 Å². The molecule has 0 saturated carbocycles. The van der Waals surface area contributed by atoms with Crippen molar-refractivity contribution in [1.82, 2.24) is 25.1 Å². The number of aryl methyl sites for hydroxylation is 3. The van der Waals surface area contributed by atoms with Crippen molar-refractivity contribution in [2.45, 2.75) is 53.0 Å². The number of aromatic nitrogens is 4. The predicted octanol–water partition coefficient (Wildman–Crippen LogP) is 3.27. The maximum absolute atomic E-state index is 12.4. The average Bonchev–Trinajstić information content (AvgIpc) is 2.92. The van der Waals surface area contributed by atoms with Crippen LogP contribution in [-0.2, 0) is 19.6 Å². The van der Waals surface area contributed by atoms with Gasteiger partial charge in [-0.1, -0.05) is 19.1 Å². The van der Waals surface area contributed by atoms with Gasteiger partial charge in [0.2, 0.25) is 0 Å². The first kappa shape index (κ1) is 20.2. The molecule has 6 nitrogen and oxygen atoms in total. The SMILES string of the molecule is CCCn1nnnc1CN(C)Cc1cc(C)c(OCC(F)(F)F)c(C)c1. The highest BCUT2D eigenvalue weighted by atomic mass is 19.4. The average molecular weight is 371 g/mol. The molecular formula is C17H24F3N5O. The molecule has 0 aliphatic carbocycles. The molecule has 144 valence electrons. The predicted molar refractivity (Wildman–Crippen MR) is 90.7 cm³/mol. The lowest BCUT2D eigenvalue weighted by Gasteiger charge is -2.19. The summed E-state index contributed by atoms with van der Waals surface area (Å²) in [5.74, 6) is 1.08. The van der Waals surface area contributed by atoms with Crippen molar-refractivity contribution in [3.8, 4) is 5.75 Å². The molecule has 0 N–H and O–H groups in total. The number of alkyl halides is 3. The largest absolute Gasteiger partial charge is 0.484 e. The van der Waals surface area contributed by atoms with E-state index in [9.17, 15) is 13.2 Å². The van der Waals surface area contributed by atoms with Crippen molar-refractivity contribution >= 4 is 0 Å². The second-order valence-corrected chi connectivity index (χ2v) is 6.45. The lowest BCUT2D eigenvalue weighted by atomic mass is 10.1. The number of tetrazole rings is 1. The number of nitrogens with zero attached hydrogens (tertiary/aromatic N) is 5. The van der Waals surface area contributed by atoms with Gasteiger partial charge in [-0.15, -0.1) is 5.10 Å². The maximum Gasteiger partial charge on any atom is 0.422 e. The number of ether oxygens (including phenoxy) is 1. The summed E-state index contributed by atoms with van der Waals surface area (Å²) < 4.78 is 43.9. The van der Waals surface area contributed by atoms with Crippen LogP contribution in [0.25, 0.3) is 0 Å². The van der Waals surface area contributed by atoms with Crippen LogP contribution in [0.2, 0.25) is 0 Å². The highest BCUT2D eigenvalue weighted by Gasteiger charge is 2.29. The minimum absolute atomic E-state index is 0.292. The van der Waals surface area contributed by atoms with E-state index in [1.807, 2.05) is 19.2 Å². The van der Waals surface area contributed by atoms with Gasteiger partial charge in [0.1, 0.15) is 5.75 Å². The van der Waals surface area contributed by atoms with Crippen molar-refractivity contribution in [2.24, 2.45) is 0 Å². The molecule has 26 heavy (non-hydrogen) atoms. The van der Waals surface area contributed by atoms with Crippen LogP contribution >= 0.6 is 0 Å². The molecule has 0 atom stereocenters. The molecule has 0 bridgehead atoms. The van der Waals surface area contributed by atoms with Gasteiger partial charge in [0.15, 0.2) is 12.4 Å². The Morgan fingerprint density at radius 1 is 1.15 bits per heavy atom. The van der Waals surface area contributed by atoms with E-state index < -0.39 is 12.8 Å². The minimum Gasteiger partial charge on any atom is -0.484 e. The van der Waals surface area contributed by atoms with Gasteiger partial charge in [-0.2, -0.15) is 13.2 Å². The Kier molecular flexibility index (Phi) is 6.57. The van der Waals surface area contributed by atoms with Gasteiger partial charge in [-0.05, 0) is 54.4 Å². The van der Waals surface area contributed by atoms with E-state index in [4.69, 9.17) is 4.74 Å². The van der Waals surface area contributed by atoms with Gasteiger partial charge in [0.05, 0.1) is 6.54 Å². The summed E-state index contributed by atoms with van der Waals surface area (Å²) in [7, 11) is 1.95. The first-order chi connectivity index (χ1) is 12.2. The van der Waals surface area contributed by atoms with Crippen LogP contribution < -0.4 is 4.74 Å². The van der Waals surface area contributed by atoms with E-state index >= 15 is 0 Å². The summed E-state index contributed by atoms with van der Waals surface area (Å²) in [6, 6.07) is 3.70. The van der Waals surface area contributed by atoms with Crippen molar-refractivity contribution in [1.29, 1.82) is 0 Å². The zero-order chi connectivity index (χ0) is 19.3. The molecule has 0 spiro atoms. The second-order valence-electron chi connectivity index (χ2n) is 6.45. The van der Waals surface area contributed by atoms with Crippen LogP contribution in [0, 0.1) is 13.8 Å². The third-order valence-corrected chi connectivity index (χ3v) is 3.81. The highest BCUT2D eigenvalue weighted by Crippen LogP contribution is 2.27. The van der Waals surface area contributed by atoms with Crippen molar-refractivity contribution < 1.29 is 17.9 Å². The van der Waals surface area contributed by atoms with Crippen molar-refractivity contribution in [3.05, 3.63) is 34.6 Å². The Hall–Kier alpha value is -2.16. The Morgan fingerprint density at radius 3 is 2.38 bits per heavy atom. The zero-order valence-corrected chi connectivity index (χ0v) is 15.5. The number of hydrogen-bond acceptors (Lipinski definition) is 5. The molecule has 0 fully saturated rings. The molecule has 0 saturated heterocycles. The quantitative estimate of drug-likeness (QED) is 0.713. The van der Waals surface area contributed by atoms with Gasteiger partial charge in [-0.3, -0.25) is 4.90 Å². The monoisotopic (exact) mass is 371 g/mol. The van der Waals surface area contributed by atoms with Crippen molar-refractivity contribution in [2.75, 3.05) is 13.7 Å². The number of halogens is 3. The number of benzene rings is 1. The minimum atomic E-state index is -4.35. The summed E-state index contributed by atoms with van der Waals surface area (Å²) in [5.41, 5.74) is 2.37. The zero-order valence-electron chi connectivity index (χ0n) is 15.5. The van der Waals surface area contributed by atoms with Gasteiger partial charge in [0, 0.05) is 13.1 Å². The highest BCUT2D eigenvalue weighted by molar-refractivity contribution is 5.43. The van der Waals surface area contributed by atoms with Crippen LogP contribution in [0.1, 0.15) is 35.9 Å². The topological polar surface area (TPSA) is 56.1 Å². The van der Waals surface area contributed by atoms with Crippen LogP contribution in [0.4, 0.5) is 13.2 Å². The normalized spacial score (nSPS) is 12.0. The first-order valence-corrected chi connectivity index (χ1v) is 8.43. The summed E-state index contributed by atoms with van der Waals surface area (Å²) in [5, 5.41) is 11.7. The van der Waals surface area contributed by atoms with E-state index in [1.54, 1.807) is 18.5 Å². The van der Waals surface area contributed by atoms with E-state index in [0.29, 0.717) is 30.0 Å². The van der Waals surface area contributed by atoms with Gasteiger partial charge < -0.3 is 4.74 Å². The molecule has 0 radical (unpaired) electrons. The van der Waals surface area contributed by atoms with E-state index in [-0.39, 0.29) is 0 Å². The molecule has 0 unspecified atom stereocenters. The fourth-order valence-corrected chi connectivity index (χ4v) is 2.84. The molecule has 0 amide bonds. The Morgan fingerprint density at radius 2 is 1.81 bits per heavy atom. The van der Waals surface area contributed by atoms with Crippen LogP contribution in [-0.4, -0.2) is 44.9 Å². The first-order valence-electron chi connectivity index (χ1n) is 8.43. The van der Waals surface area contributed by atoms with Crippen LogP contribution in [0.5, 0.6) is 5.75 Å². The molecule has 1 aromatic heterocycles. The smallest absolute Gasteiger partial charge is 0.422 e. The molecule has 9 heteroatoms. The Balaban J connectivity index is 2.04. The summed E-state index contributed by atoms with van der Waals surface area (Å²) in [4.78, 5) is 2.06. The van der Waals surface area contributed by atoms with E-state index in [0.717, 1.165) is 24.4 Å². The molecule has 2 aromatic rings. The maximum atomic E-state index is 12.4. The Labute approximate surface area is 150 Å². The van der Waals surface area contributed by atoms with Crippen LogP contribution in [0.15, 0.2) is 12.1 Å². The third-order valence-electron chi connectivity index (χ3n) is 3.81. The fourth-order valence-electron chi connectivity index (χ4n) is 2.84. The van der Waals surface area contributed by atoms with E-state index in [1.165, 1.54) is 0 Å². The summed E-state index contributed by atoms with van der Waals surface area (Å²) >= 11 is 0. The lowest BCUT2D eigenvalue weighted by Crippen LogP contribution is -2.21. The number of hydrogen-bond donors (Lipinski definition) is 0. The fraction of sp³-hybridized carbons (Fsp3) is 0.588. The number of rotatable bonds is 8. The molecule has 0 aliphatic rings. The van der Waals surface area contributed by atoms with Crippen molar-refractivity contribution in [3.63, 3.8) is 0 Å². The standard InChI is InChI=1S/C17H24F3N5O/c1-5-6-25-15(21-22-23-25)10-24(4)9-14-7-12(2)16(13(3)8-14)26-11-17(18,19)20/h7-8H,5-6,9-11H2,1-4H3. The summed E-state index contributed by atoms with van der Waals surface area (Å²) in [6.07, 6.45) is -3.40. The van der Waals surface area contributed by atoms with E-state index in [2.05, 4.69) is 27.3 Å². The Bertz CT molecular complexity index is 706. The lowest BCUT2D eigenvalue weighted by molar-refractivity contribution is -0.153. The third kappa shape index (κ3) is 5.69. The molecule has 0 aliphatic heterocycles.